The fourth-order valence-corrected chi connectivity index (χ4v) is 8.69. The third-order valence-electron chi connectivity index (χ3n) is 11.1. The number of pyridine rings is 1. The molecule has 0 fully saturated rings. The summed E-state index contributed by atoms with van der Waals surface area (Å²) in [6, 6.07) is 62.6. The predicted octanol–water partition coefficient (Wildman–Crippen LogP) is 12.3. The van der Waals surface area contributed by atoms with Gasteiger partial charge in [-0.2, -0.15) is 9.97 Å². The molecule has 0 saturated carbocycles. The number of nitrogens with zero attached hydrogens (tertiary/aromatic N) is 5. The predicted molar refractivity (Wildman–Crippen MR) is 223 cm³/mol. The Morgan fingerprint density at radius 2 is 0.870 bits per heavy atom. The third-order valence-corrected chi connectivity index (χ3v) is 11.1. The molecule has 0 aliphatic heterocycles. The second-order valence-corrected chi connectivity index (χ2v) is 14.0. The van der Waals surface area contributed by atoms with E-state index in [0.717, 1.165) is 38.5 Å². The van der Waals surface area contributed by atoms with Crippen LogP contribution in [0.4, 0.5) is 0 Å². The van der Waals surface area contributed by atoms with Crippen molar-refractivity contribution in [3.63, 3.8) is 0 Å². The Morgan fingerprint density at radius 1 is 0.333 bits per heavy atom. The fraction of sp³-hybridized carbons (Fsp3) is 0. The highest BCUT2D eigenvalue weighted by molar-refractivity contribution is 6.28. The Bertz CT molecular complexity index is 3360. The van der Waals surface area contributed by atoms with Gasteiger partial charge >= 0.3 is 0 Å². The highest BCUT2D eigenvalue weighted by Crippen LogP contribution is 2.43. The van der Waals surface area contributed by atoms with Crippen molar-refractivity contribution in [3.05, 3.63) is 176 Å². The molecule has 8 aromatic carbocycles. The molecule has 0 saturated heterocycles. The van der Waals surface area contributed by atoms with Crippen molar-refractivity contribution < 1.29 is 0 Å². The molecule has 5 nitrogen and oxygen atoms in total. The van der Waals surface area contributed by atoms with Crippen LogP contribution in [0.25, 0.3) is 111 Å². The van der Waals surface area contributed by atoms with Gasteiger partial charge in [0.05, 0.1) is 27.6 Å². The minimum atomic E-state index is 0.591. The topological polar surface area (TPSA) is 48.0 Å². The number of hydrogen-bond donors (Lipinski definition) is 0. The standard InChI is InChI=1S/C49H29N5/c1-3-12-31(13-4-1)47-50-48(32-14-5-2-6-15-32)52-49(51-47)54-42-21-10-8-18-36(42)39-28-33(24-27-44(39)54)34-23-26-43-40(29-34)38-25-22-30-16-11-19-37-35-17-7-9-20-41(35)53(43)46(38)45(30)37/h1-29H. The Morgan fingerprint density at radius 3 is 1.57 bits per heavy atom. The summed E-state index contributed by atoms with van der Waals surface area (Å²) in [6.45, 7) is 0. The molecule has 0 bridgehead atoms. The second kappa shape index (κ2) is 11.1. The van der Waals surface area contributed by atoms with E-state index in [9.17, 15) is 0 Å². The van der Waals surface area contributed by atoms with Crippen LogP contribution in [0.5, 0.6) is 0 Å². The first-order valence-electron chi connectivity index (χ1n) is 18.3. The van der Waals surface area contributed by atoms with E-state index in [1.807, 2.05) is 60.7 Å². The minimum Gasteiger partial charge on any atom is -0.308 e. The van der Waals surface area contributed by atoms with Gasteiger partial charge in [0, 0.05) is 43.4 Å². The van der Waals surface area contributed by atoms with Crippen molar-refractivity contribution in [2.24, 2.45) is 0 Å². The van der Waals surface area contributed by atoms with Crippen molar-refractivity contribution in [1.29, 1.82) is 0 Å². The number of aromatic nitrogens is 5. The van der Waals surface area contributed by atoms with Gasteiger partial charge in [0.25, 0.3) is 0 Å². The molecule has 0 spiro atoms. The smallest absolute Gasteiger partial charge is 0.238 e. The summed E-state index contributed by atoms with van der Waals surface area (Å²) in [5, 5.41) is 10.00. The monoisotopic (exact) mass is 687 g/mol. The molecular weight excluding hydrogens is 659 g/mol. The molecule has 12 aromatic rings. The van der Waals surface area contributed by atoms with Crippen LogP contribution in [0.3, 0.4) is 0 Å². The maximum atomic E-state index is 5.11. The van der Waals surface area contributed by atoms with Gasteiger partial charge in [0.1, 0.15) is 0 Å². The van der Waals surface area contributed by atoms with E-state index in [1.54, 1.807) is 0 Å². The van der Waals surface area contributed by atoms with Gasteiger partial charge in [-0.1, -0.05) is 140 Å². The third kappa shape index (κ3) is 4.12. The lowest BCUT2D eigenvalue weighted by atomic mass is 9.98. The van der Waals surface area contributed by atoms with Crippen molar-refractivity contribution in [3.8, 4) is 39.9 Å². The lowest BCUT2D eigenvalue weighted by molar-refractivity contribution is 0.953. The summed E-state index contributed by atoms with van der Waals surface area (Å²) in [5.41, 5.74) is 10.1. The first-order chi connectivity index (χ1) is 26.8. The van der Waals surface area contributed by atoms with Crippen LogP contribution in [-0.2, 0) is 0 Å². The van der Waals surface area contributed by atoms with Crippen molar-refractivity contribution in [2.45, 2.75) is 0 Å². The average Bonchev–Trinajstić information content (AvgIpc) is 3.76. The minimum absolute atomic E-state index is 0.591. The van der Waals surface area contributed by atoms with Crippen molar-refractivity contribution in [1.82, 2.24) is 23.9 Å². The maximum absolute atomic E-state index is 5.11. The van der Waals surface area contributed by atoms with Gasteiger partial charge in [-0.25, -0.2) is 4.98 Å². The van der Waals surface area contributed by atoms with E-state index in [1.165, 1.54) is 54.4 Å². The molecule has 0 unspecified atom stereocenters. The molecule has 0 N–H and O–H groups in total. The molecule has 250 valence electrons. The number of hydrogen-bond acceptors (Lipinski definition) is 3. The van der Waals surface area contributed by atoms with Gasteiger partial charge in [-0.3, -0.25) is 4.57 Å². The molecule has 54 heavy (non-hydrogen) atoms. The van der Waals surface area contributed by atoms with E-state index in [0.29, 0.717) is 17.6 Å². The van der Waals surface area contributed by atoms with Crippen LogP contribution < -0.4 is 0 Å². The Balaban J connectivity index is 1.08. The number of para-hydroxylation sites is 2. The number of benzene rings is 8. The summed E-state index contributed by atoms with van der Waals surface area (Å²) in [4.78, 5) is 15.2. The lowest BCUT2D eigenvalue weighted by Crippen LogP contribution is -2.06. The highest BCUT2D eigenvalue weighted by Gasteiger charge is 2.20. The lowest BCUT2D eigenvalue weighted by Gasteiger charge is -2.12. The Hall–Kier alpha value is -7.37. The van der Waals surface area contributed by atoms with Crippen LogP contribution in [0.2, 0.25) is 0 Å². The zero-order chi connectivity index (χ0) is 35.3. The molecule has 4 heterocycles. The van der Waals surface area contributed by atoms with Crippen LogP contribution in [0.1, 0.15) is 0 Å². The molecule has 4 aromatic heterocycles. The van der Waals surface area contributed by atoms with E-state index in [2.05, 4.69) is 124 Å². The fourth-order valence-electron chi connectivity index (χ4n) is 8.69. The number of rotatable bonds is 4. The van der Waals surface area contributed by atoms with Gasteiger partial charge < -0.3 is 4.40 Å². The summed E-state index contributed by atoms with van der Waals surface area (Å²) in [7, 11) is 0. The van der Waals surface area contributed by atoms with Crippen molar-refractivity contribution in [2.75, 3.05) is 0 Å². The second-order valence-electron chi connectivity index (χ2n) is 14.0. The SMILES string of the molecule is c1ccc(-c2nc(-c3ccccc3)nc(-n3c4ccccc4c4cc(-c5ccc6c(c5)c5ccc7cccc8c9ccccc9n6c5c78)ccc43)n2)cc1. The summed E-state index contributed by atoms with van der Waals surface area (Å²) in [5.74, 6) is 1.87. The van der Waals surface area contributed by atoms with E-state index >= 15 is 0 Å². The Kier molecular flexibility index (Phi) is 5.99. The summed E-state index contributed by atoms with van der Waals surface area (Å²) in [6.07, 6.45) is 0. The van der Waals surface area contributed by atoms with E-state index < -0.39 is 0 Å². The Labute approximate surface area is 309 Å². The molecule has 0 radical (unpaired) electrons. The zero-order valence-electron chi connectivity index (χ0n) is 29.0. The number of fused-ring (bicyclic) bond motifs is 9. The first-order valence-corrected chi connectivity index (χ1v) is 18.3. The highest BCUT2D eigenvalue weighted by atomic mass is 15.2. The van der Waals surface area contributed by atoms with Gasteiger partial charge in [-0.15, -0.1) is 0 Å². The molecule has 0 atom stereocenters. The molecule has 0 aliphatic carbocycles. The molecule has 12 rings (SSSR count). The summed E-state index contributed by atoms with van der Waals surface area (Å²) >= 11 is 0. The maximum Gasteiger partial charge on any atom is 0.238 e. The largest absolute Gasteiger partial charge is 0.308 e. The van der Waals surface area contributed by atoms with Gasteiger partial charge in [0.15, 0.2) is 11.6 Å². The summed E-state index contributed by atoms with van der Waals surface area (Å²) < 4.78 is 4.65. The molecule has 0 amide bonds. The molecular formula is C49H29N5. The molecule has 0 aliphatic rings. The quantitative estimate of drug-likeness (QED) is 0.137. The van der Waals surface area contributed by atoms with E-state index in [4.69, 9.17) is 15.0 Å². The van der Waals surface area contributed by atoms with Gasteiger partial charge in [-0.05, 0) is 58.3 Å². The van der Waals surface area contributed by atoms with E-state index in [-0.39, 0.29) is 0 Å². The average molecular weight is 688 g/mol. The van der Waals surface area contributed by atoms with Crippen LogP contribution in [-0.4, -0.2) is 23.9 Å². The first kappa shape index (κ1) is 29.2. The van der Waals surface area contributed by atoms with Crippen LogP contribution >= 0.6 is 0 Å². The zero-order valence-corrected chi connectivity index (χ0v) is 29.0. The van der Waals surface area contributed by atoms with Gasteiger partial charge in [0.2, 0.25) is 5.95 Å². The van der Waals surface area contributed by atoms with Crippen LogP contribution in [0.15, 0.2) is 176 Å². The molecule has 5 heteroatoms. The van der Waals surface area contributed by atoms with Crippen molar-refractivity contribution >= 4 is 70.7 Å². The normalized spacial score (nSPS) is 12.1. The van der Waals surface area contributed by atoms with Crippen LogP contribution in [0, 0.1) is 0 Å².